The molecule has 9 rings (SSSR count). The van der Waals surface area contributed by atoms with Crippen LogP contribution in [-0.4, -0.2) is 142 Å². The number of piperazine rings is 1. The summed E-state index contributed by atoms with van der Waals surface area (Å²) < 4.78 is 0. The zero-order chi connectivity index (χ0) is 38.5. The second-order valence-electron chi connectivity index (χ2n) is 16.3. The highest BCUT2D eigenvalue weighted by molar-refractivity contribution is 6.23. The summed E-state index contributed by atoms with van der Waals surface area (Å²) in [6, 6.07) is 14.1. The maximum atomic E-state index is 13.4. The molecule has 3 unspecified atom stereocenters. The average molecular weight is 764 g/mol. The lowest BCUT2D eigenvalue weighted by Gasteiger charge is -2.47. The number of benzene rings is 2. The van der Waals surface area contributed by atoms with E-state index in [0.29, 0.717) is 40.3 Å². The molecule has 0 saturated carbocycles. The molecule has 0 radical (unpaired) electrons. The molecule has 294 valence electrons. The first-order valence-electron chi connectivity index (χ1n) is 20.1. The van der Waals surface area contributed by atoms with Crippen molar-refractivity contribution in [1.29, 1.82) is 0 Å². The molecule has 56 heavy (non-hydrogen) atoms. The van der Waals surface area contributed by atoms with Crippen LogP contribution in [-0.2, 0) is 9.59 Å². The van der Waals surface area contributed by atoms with Crippen LogP contribution in [0.15, 0.2) is 48.5 Å². The number of hydrogen-bond donors (Lipinski definition) is 4. The minimum atomic E-state index is -0.973. The van der Waals surface area contributed by atoms with Crippen molar-refractivity contribution in [3.8, 4) is 17.0 Å². The van der Waals surface area contributed by atoms with Gasteiger partial charge < -0.3 is 25.3 Å². The van der Waals surface area contributed by atoms with Crippen LogP contribution in [0.1, 0.15) is 59.2 Å². The minimum Gasteiger partial charge on any atom is -0.507 e. The minimum absolute atomic E-state index is 0.0931. The number of hydrogen-bond acceptors (Lipinski definition) is 13. The van der Waals surface area contributed by atoms with Gasteiger partial charge in [-0.2, -0.15) is 0 Å². The number of anilines is 3. The fraction of sp³-hybridized carbons (Fsp3) is 0.512. The number of fused-ring (bicyclic) bond motifs is 4. The van der Waals surface area contributed by atoms with Crippen molar-refractivity contribution in [3.05, 3.63) is 59.7 Å². The zero-order valence-corrected chi connectivity index (χ0v) is 31.5. The number of aromatic nitrogens is 2. The van der Waals surface area contributed by atoms with Crippen LogP contribution in [0, 0.1) is 11.8 Å². The maximum absolute atomic E-state index is 13.4. The molecule has 15 nitrogen and oxygen atoms in total. The summed E-state index contributed by atoms with van der Waals surface area (Å²) in [5, 5.41) is 35.5. The Kier molecular flexibility index (Phi) is 9.84. The van der Waals surface area contributed by atoms with Crippen molar-refractivity contribution in [1.82, 2.24) is 30.2 Å². The molecule has 4 amide bonds. The van der Waals surface area contributed by atoms with Crippen molar-refractivity contribution >= 4 is 40.8 Å². The first kappa shape index (κ1) is 36.5. The Morgan fingerprint density at radius 2 is 1.61 bits per heavy atom. The lowest BCUT2D eigenvalue weighted by atomic mass is 9.88. The molecule has 4 saturated heterocycles. The number of aromatic hydroxyl groups is 1. The Balaban J connectivity index is 0.758. The van der Waals surface area contributed by atoms with E-state index in [1.165, 1.54) is 0 Å². The van der Waals surface area contributed by atoms with Gasteiger partial charge in [-0.1, -0.05) is 12.1 Å². The molecule has 7 heterocycles. The molecule has 1 aromatic heterocycles. The Morgan fingerprint density at radius 3 is 2.41 bits per heavy atom. The second-order valence-corrected chi connectivity index (χ2v) is 16.3. The first-order valence-corrected chi connectivity index (χ1v) is 20.1. The van der Waals surface area contributed by atoms with Crippen LogP contribution in [0.5, 0.6) is 5.75 Å². The Morgan fingerprint density at radius 1 is 0.804 bits per heavy atom. The number of likely N-dealkylation sites (tertiary alicyclic amines) is 1. The molecule has 4 N–H and O–H groups in total. The highest BCUT2D eigenvalue weighted by atomic mass is 16.3. The van der Waals surface area contributed by atoms with Crippen LogP contribution >= 0.6 is 0 Å². The van der Waals surface area contributed by atoms with Gasteiger partial charge in [0.25, 0.3) is 11.8 Å². The Bertz CT molecular complexity index is 2040. The molecule has 0 aliphatic carbocycles. The van der Waals surface area contributed by atoms with Crippen LogP contribution < -0.4 is 20.4 Å². The van der Waals surface area contributed by atoms with E-state index in [-0.39, 0.29) is 37.1 Å². The molecule has 3 aromatic rings. The second kappa shape index (κ2) is 15.1. The number of piperidine rings is 3. The lowest BCUT2D eigenvalue weighted by molar-refractivity contribution is -0.136. The van der Waals surface area contributed by atoms with E-state index in [0.717, 1.165) is 107 Å². The van der Waals surface area contributed by atoms with E-state index in [9.17, 15) is 29.4 Å². The largest absolute Gasteiger partial charge is 0.507 e. The number of nitrogens with one attached hydrogen (secondary N) is 2. The van der Waals surface area contributed by atoms with Crippen molar-refractivity contribution in [2.45, 2.75) is 56.7 Å². The van der Waals surface area contributed by atoms with E-state index >= 15 is 0 Å². The van der Waals surface area contributed by atoms with Crippen molar-refractivity contribution in [2.75, 3.05) is 80.6 Å². The SMILES string of the molecule is O=C1CCC(N2C(=O)c3ccc(N4CCC(CN5CCC(CN6CCN7c8cc(-c9ccccc9O)nnc8NC[C@H]7C6)CC5CO)CC4)cc3C2=O)C(=O)N1. The van der Waals surface area contributed by atoms with Crippen LogP contribution in [0.3, 0.4) is 0 Å². The van der Waals surface area contributed by atoms with E-state index < -0.39 is 23.8 Å². The highest BCUT2D eigenvalue weighted by Crippen LogP contribution is 2.37. The molecule has 15 heteroatoms. The van der Waals surface area contributed by atoms with E-state index in [2.05, 4.69) is 40.4 Å². The summed E-state index contributed by atoms with van der Waals surface area (Å²) >= 11 is 0. The number of phenolic OH excluding ortho intramolecular Hbond substituents is 1. The maximum Gasteiger partial charge on any atom is 0.262 e. The number of para-hydroxylation sites is 1. The monoisotopic (exact) mass is 763 g/mol. The number of aliphatic hydroxyl groups excluding tert-OH is 1. The Hall–Kier alpha value is -5.12. The fourth-order valence-electron chi connectivity index (χ4n) is 9.85. The fourth-order valence-corrected chi connectivity index (χ4v) is 9.85. The predicted octanol–water partition coefficient (Wildman–Crippen LogP) is 2.16. The molecular formula is C41H49N9O6. The number of carbonyl (C=O) groups is 4. The predicted molar refractivity (Wildman–Crippen MR) is 208 cm³/mol. The number of carbonyl (C=O) groups excluding carboxylic acids is 4. The van der Waals surface area contributed by atoms with Gasteiger partial charge in [-0.05, 0) is 86.9 Å². The number of rotatable bonds is 8. The molecule has 0 spiro atoms. The standard InChI is InChI=1S/C41H49N9O6/c51-24-28-17-26(21-46-15-16-49-29(23-46)20-42-38-35(49)19-33(44-45-38)31-3-1-2-4-36(31)52)11-14-48(28)22-25-9-12-47(13-10-25)27-5-6-30-32(18-27)41(56)50(40(30)55)34-7-8-37(53)43-39(34)54/h1-6,18-19,25-26,28-29,34,51-52H,7-17,20-24H2,(H,42,45)(H,43,53,54)/t26?,28?,29-,34?/m0/s1. The molecule has 2 aromatic carbocycles. The average Bonchev–Trinajstić information content (AvgIpc) is 3.46. The highest BCUT2D eigenvalue weighted by Gasteiger charge is 2.45. The summed E-state index contributed by atoms with van der Waals surface area (Å²) in [6.07, 6.45) is 4.31. The van der Waals surface area contributed by atoms with E-state index in [1.54, 1.807) is 24.3 Å². The third kappa shape index (κ3) is 6.85. The number of imide groups is 2. The van der Waals surface area contributed by atoms with E-state index in [1.807, 2.05) is 24.3 Å². The van der Waals surface area contributed by atoms with Crippen LogP contribution in [0.4, 0.5) is 17.2 Å². The smallest absolute Gasteiger partial charge is 0.262 e. The number of nitrogens with zero attached hydrogens (tertiary/aromatic N) is 7. The molecule has 0 bridgehead atoms. The number of phenols is 1. The van der Waals surface area contributed by atoms with Crippen molar-refractivity contribution < 1.29 is 29.4 Å². The molecule has 4 atom stereocenters. The summed E-state index contributed by atoms with van der Waals surface area (Å²) in [7, 11) is 0. The van der Waals surface area contributed by atoms with Gasteiger partial charge in [0, 0.05) is 76.1 Å². The molecular weight excluding hydrogens is 715 g/mol. The summed E-state index contributed by atoms with van der Waals surface area (Å²) in [5.41, 5.74) is 3.87. The summed E-state index contributed by atoms with van der Waals surface area (Å²) in [5.74, 6) is 0.0471. The third-order valence-electron chi connectivity index (χ3n) is 12.9. The zero-order valence-electron chi connectivity index (χ0n) is 31.5. The van der Waals surface area contributed by atoms with Gasteiger partial charge in [0.1, 0.15) is 11.8 Å². The van der Waals surface area contributed by atoms with Gasteiger partial charge in [-0.25, -0.2) is 0 Å². The van der Waals surface area contributed by atoms with Gasteiger partial charge in [0.2, 0.25) is 11.8 Å². The quantitative estimate of drug-likeness (QED) is 0.246. The molecule has 6 aliphatic rings. The van der Waals surface area contributed by atoms with Crippen LogP contribution in [0.25, 0.3) is 11.3 Å². The normalized spacial score (nSPS) is 26.1. The van der Waals surface area contributed by atoms with Crippen molar-refractivity contribution in [3.63, 3.8) is 0 Å². The third-order valence-corrected chi connectivity index (χ3v) is 12.9. The van der Waals surface area contributed by atoms with Crippen LogP contribution in [0.2, 0.25) is 0 Å². The van der Waals surface area contributed by atoms with Gasteiger partial charge >= 0.3 is 0 Å². The van der Waals surface area contributed by atoms with Gasteiger partial charge in [0.15, 0.2) is 5.82 Å². The first-order chi connectivity index (χ1) is 27.2. The van der Waals surface area contributed by atoms with Gasteiger partial charge in [-0.3, -0.25) is 39.2 Å². The number of amides is 4. The molecule has 4 fully saturated rings. The van der Waals surface area contributed by atoms with Gasteiger partial charge in [0.05, 0.1) is 35.2 Å². The number of aliphatic hydroxyl groups is 1. The topological polar surface area (TPSA) is 175 Å². The Labute approximate surface area is 325 Å². The van der Waals surface area contributed by atoms with Gasteiger partial charge in [-0.15, -0.1) is 10.2 Å². The summed E-state index contributed by atoms with van der Waals surface area (Å²) in [4.78, 5) is 61.4. The summed E-state index contributed by atoms with van der Waals surface area (Å²) in [6.45, 7) is 8.40. The lowest BCUT2D eigenvalue weighted by Crippen LogP contribution is -2.59. The van der Waals surface area contributed by atoms with Crippen molar-refractivity contribution in [2.24, 2.45) is 11.8 Å². The molecule has 6 aliphatic heterocycles. The van der Waals surface area contributed by atoms with E-state index in [4.69, 9.17) is 0 Å².